The van der Waals surface area contributed by atoms with Gasteiger partial charge in [-0.15, -0.1) is 0 Å². The van der Waals surface area contributed by atoms with Gasteiger partial charge in [-0.1, -0.05) is 30.3 Å². The number of amides is 1. The number of hydrogen-bond acceptors (Lipinski definition) is 2. The van der Waals surface area contributed by atoms with Gasteiger partial charge in [-0.25, -0.2) is 8.78 Å². The molecule has 1 amide bonds. The van der Waals surface area contributed by atoms with Crippen LogP contribution in [0.4, 0.5) is 8.78 Å². The molecule has 5 heteroatoms. The molecule has 2 aromatic carbocycles. The highest BCUT2D eigenvalue weighted by Gasteiger charge is 2.21. The first kappa shape index (κ1) is 17.5. The number of carbonyl (C=O) groups excluding carboxylic acids is 1. The second-order valence-corrected chi connectivity index (χ2v) is 6.51. The Morgan fingerprint density at radius 3 is 2.40 bits per heavy atom. The van der Waals surface area contributed by atoms with Crippen molar-refractivity contribution in [2.24, 2.45) is 0 Å². The third kappa shape index (κ3) is 5.10. The van der Waals surface area contributed by atoms with Crippen molar-refractivity contribution in [1.29, 1.82) is 0 Å². The van der Waals surface area contributed by atoms with Crippen molar-refractivity contribution in [3.05, 3.63) is 71.3 Å². The molecule has 2 aromatic rings. The van der Waals surface area contributed by atoms with Crippen molar-refractivity contribution in [2.45, 2.75) is 31.8 Å². The maximum atomic E-state index is 13.6. The van der Waals surface area contributed by atoms with Gasteiger partial charge in [-0.2, -0.15) is 0 Å². The zero-order valence-corrected chi connectivity index (χ0v) is 14.1. The summed E-state index contributed by atoms with van der Waals surface area (Å²) < 4.78 is 26.5. The first-order valence-corrected chi connectivity index (χ1v) is 8.60. The van der Waals surface area contributed by atoms with Crippen LogP contribution in [0.25, 0.3) is 0 Å². The lowest BCUT2D eigenvalue weighted by Crippen LogP contribution is -2.44. The quantitative estimate of drug-likeness (QED) is 0.904. The van der Waals surface area contributed by atoms with E-state index >= 15 is 0 Å². The van der Waals surface area contributed by atoms with Gasteiger partial charge < -0.3 is 5.32 Å². The van der Waals surface area contributed by atoms with Crippen molar-refractivity contribution in [3.8, 4) is 0 Å². The molecule has 1 aliphatic heterocycles. The number of hydrogen-bond donors (Lipinski definition) is 1. The summed E-state index contributed by atoms with van der Waals surface area (Å²) in [5.41, 5.74) is 1.51. The number of carbonyl (C=O) groups is 1. The minimum atomic E-state index is -0.341. The van der Waals surface area contributed by atoms with Crippen molar-refractivity contribution in [2.75, 3.05) is 13.1 Å². The second kappa shape index (κ2) is 8.21. The van der Waals surface area contributed by atoms with E-state index in [4.69, 9.17) is 0 Å². The van der Waals surface area contributed by atoms with Gasteiger partial charge in [-0.3, -0.25) is 9.69 Å². The highest BCUT2D eigenvalue weighted by atomic mass is 19.1. The Morgan fingerprint density at radius 2 is 1.72 bits per heavy atom. The van der Waals surface area contributed by atoms with Crippen LogP contribution in [0.3, 0.4) is 0 Å². The average Bonchev–Trinajstić information content (AvgIpc) is 2.61. The molecule has 0 bridgehead atoms. The highest BCUT2D eigenvalue weighted by molar-refractivity contribution is 5.78. The van der Waals surface area contributed by atoms with Gasteiger partial charge >= 0.3 is 0 Å². The van der Waals surface area contributed by atoms with E-state index in [-0.39, 0.29) is 30.0 Å². The summed E-state index contributed by atoms with van der Waals surface area (Å²) in [4.78, 5) is 14.4. The lowest BCUT2D eigenvalue weighted by molar-refractivity contribution is -0.121. The van der Waals surface area contributed by atoms with E-state index in [0.717, 1.165) is 38.0 Å². The number of likely N-dealkylation sites (tertiary alicyclic amines) is 1. The number of benzene rings is 2. The number of rotatable bonds is 5. The predicted molar refractivity (Wildman–Crippen MR) is 92.9 cm³/mol. The molecule has 0 atom stereocenters. The van der Waals surface area contributed by atoms with Crippen LogP contribution in [-0.4, -0.2) is 29.9 Å². The summed E-state index contributed by atoms with van der Waals surface area (Å²) in [5.74, 6) is -0.700. The van der Waals surface area contributed by atoms with Gasteiger partial charge in [0.25, 0.3) is 0 Å². The molecule has 1 fully saturated rings. The van der Waals surface area contributed by atoms with Gasteiger partial charge in [0.15, 0.2) is 0 Å². The smallest absolute Gasteiger partial charge is 0.224 e. The summed E-state index contributed by atoms with van der Waals surface area (Å²) in [5, 5.41) is 3.00. The first-order valence-electron chi connectivity index (χ1n) is 8.60. The molecule has 0 radical (unpaired) electrons. The molecule has 0 saturated carbocycles. The van der Waals surface area contributed by atoms with Gasteiger partial charge in [-0.05, 0) is 42.2 Å². The third-order valence-electron chi connectivity index (χ3n) is 4.58. The van der Waals surface area contributed by atoms with Crippen LogP contribution in [0.1, 0.15) is 24.0 Å². The van der Waals surface area contributed by atoms with Gasteiger partial charge in [0, 0.05) is 25.7 Å². The van der Waals surface area contributed by atoms with E-state index in [2.05, 4.69) is 10.2 Å². The average molecular weight is 343 g/mol. The minimum Gasteiger partial charge on any atom is -0.353 e. The molecular weight excluding hydrogens is 321 g/mol. The third-order valence-corrected chi connectivity index (χ3v) is 4.58. The Bertz CT molecular complexity index is 710. The van der Waals surface area contributed by atoms with Crippen molar-refractivity contribution < 1.29 is 13.6 Å². The molecule has 3 rings (SSSR count). The van der Waals surface area contributed by atoms with E-state index in [1.165, 1.54) is 18.2 Å². The van der Waals surface area contributed by atoms with Crippen molar-refractivity contribution in [3.63, 3.8) is 0 Å². The van der Waals surface area contributed by atoms with Crippen LogP contribution in [0.5, 0.6) is 0 Å². The van der Waals surface area contributed by atoms with Crippen LogP contribution < -0.4 is 5.32 Å². The summed E-state index contributed by atoms with van der Waals surface area (Å²) in [6, 6.07) is 13.1. The Balaban J connectivity index is 1.43. The van der Waals surface area contributed by atoms with Gasteiger partial charge in [0.2, 0.25) is 5.91 Å². The van der Waals surface area contributed by atoms with Crippen LogP contribution in [0, 0.1) is 11.6 Å². The molecule has 0 unspecified atom stereocenters. The summed E-state index contributed by atoms with van der Waals surface area (Å²) >= 11 is 0. The second-order valence-electron chi connectivity index (χ2n) is 6.51. The Labute approximate surface area is 146 Å². The number of nitrogens with one attached hydrogen (secondary N) is 1. The fourth-order valence-corrected chi connectivity index (χ4v) is 3.18. The normalized spacial score (nSPS) is 15.9. The lowest BCUT2D eigenvalue weighted by atomic mass is 10.0. The summed E-state index contributed by atoms with van der Waals surface area (Å²) in [6.45, 7) is 2.54. The molecule has 132 valence electrons. The number of piperidine rings is 1. The zero-order chi connectivity index (χ0) is 17.6. The Hall–Kier alpha value is -2.27. The standard InChI is InChI=1S/C20H22F2N2O/c21-17-7-5-15(6-8-17)14-24-11-9-18(10-12-24)23-20(25)13-16-3-1-2-4-19(16)22/h1-8,18H,9-14H2,(H,23,25)/i21-1. The number of nitrogens with zero attached hydrogens (tertiary/aromatic N) is 1. The van der Waals surface area contributed by atoms with E-state index in [0.29, 0.717) is 5.56 Å². The molecule has 0 spiro atoms. The van der Waals surface area contributed by atoms with Gasteiger partial charge in [0.05, 0.1) is 6.42 Å². The maximum Gasteiger partial charge on any atom is 0.224 e. The zero-order valence-electron chi connectivity index (χ0n) is 14.1. The topological polar surface area (TPSA) is 32.3 Å². The molecule has 1 aliphatic rings. The molecule has 1 heterocycles. The predicted octanol–water partition coefficient (Wildman–Crippen LogP) is 3.29. The van der Waals surface area contributed by atoms with E-state index in [9.17, 15) is 13.6 Å². The molecule has 1 saturated heterocycles. The van der Waals surface area contributed by atoms with Crippen LogP contribution in [0.15, 0.2) is 48.5 Å². The van der Waals surface area contributed by atoms with Crippen molar-refractivity contribution in [1.82, 2.24) is 10.2 Å². The molecule has 3 nitrogen and oxygen atoms in total. The lowest BCUT2D eigenvalue weighted by Gasteiger charge is -2.32. The maximum absolute atomic E-state index is 13.6. The molecule has 25 heavy (non-hydrogen) atoms. The molecule has 0 aliphatic carbocycles. The van der Waals surface area contributed by atoms with E-state index in [1.807, 2.05) is 0 Å². The van der Waals surface area contributed by atoms with Gasteiger partial charge in [0.1, 0.15) is 11.6 Å². The molecular formula is C20H22F2N2O. The van der Waals surface area contributed by atoms with Crippen molar-refractivity contribution >= 4 is 5.91 Å². The number of halogens is 2. The van der Waals surface area contributed by atoms with E-state index in [1.54, 1.807) is 30.3 Å². The molecule has 0 aromatic heterocycles. The monoisotopic (exact) mass is 343 g/mol. The first-order chi connectivity index (χ1) is 12.1. The fourth-order valence-electron chi connectivity index (χ4n) is 3.18. The highest BCUT2D eigenvalue weighted by Crippen LogP contribution is 2.15. The van der Waals surface area contributed by atoms with Crippen LogP contribution in [-0.2, 0) is 17.8 Å². The summed E-state index contributed by atoms with van der Waals surface area (Å²) in [7, 11) is 0. The Kier molecular flexibility index (Phi) is 5.76. The SMILES string of the molecule is O=C(Cc1ccccc1F)NC1CCN(Cc2ccc([18F])cc2)CC1. The fraction of sp³-hybridized carbons (Fsp3) is 0.350. The van der Waals surface area contributed by atoms with Crippen LogP contribution >= 0.6 is 0 Å². The summed E-state index contributed by atoms with van der Waals surface area (Å²) in [6.07, 6.45) is 1.80. The van der Waals surface area contributed by atoms with E-state index < -0.39 is 0 Å². The minimum absolute atomic E-state index is 0.0719. The largest absolute Gasteiger partial charge is 0.353 e. The Morgan fingerprint density at radius 1 is 1.04 bits per heavy atom. The van der Waals surface area contributed by atoms with Crippen LogP contribution in [0.2, 0.25) is 0 Å². The molecule has 1 N–H and O–H groups in total.